The van der Waals surface area contributed by atoms with Gasteiger partial charge in [-0.25, -0.2) is 0 Å². The highest BCUT2D eigenvalue weighted by Crippen LogP contribution is 2.36. The molecule has 1 aliphatic rings. The molecule has 0 fully saturated rings. The average molecular weight is 361 g/mol. The molecule has 0 radical (unpaired) electrons. The molecule has 0 unspecified atom stereocenters. The number of aryl methyl sites for hydroxylation is 2. The zero-order chi connectivity index (χ0) is 19.1. The Hall–Kier alpha value is -3.61. The van der Waals surface area contributed by atoms with Gasteiger partial charge in [0.05, 0.1) is 24.1 Å². The van der Waals surface area contributed by atoms with Crippen LogP contribution in [0.3, 0.4) is 0 Å². The Bertz CT molecular complexity index is 1070. The van der Waals surface area contributed by atoms with Crippen molar-refractivity contribution in [2.24, 2.45) is 12.8 Å². The molecule has 3 N–H and O–H groups in total. The number of hydrogen-bond donors (Lipinski definition) is 2. The zero-order valence-corrected chi connectivity index (χ0v) is 15.1. The van der Waals surface area contributed by atoms with Crippen molar-refractivity contribution >= 4 is 29.0 Å². The van der Waals surface area contributed by atoms with Gasteiger partial charge >= 0.3 is 0 Å². The van der Waals surface area contributed by atoms with Gasteiger partial charge in [0.15, 0.2) is 0 Å². The maximum Gasteiger partial charge on any atom is 0.258 e. The smallest absolute Gasteiger partial charge is 0.258 e. The van der Waals surface area contributed by atoms with Crippen molar-refractivity contribution in [3.8, 4) is 0 Å². The van der Waals surface area contributed by atoms with Crippen LogP contribution in [0, 0.1) is 6.92 Å². The molecule has 2 heterocycles. The lowest BCUT2D eigenvalue weighted by molar-refractivity contribution is 0.0978. The molecule has 7 nitrogen and oxygen atoms in total. The standard InChI is InChI=1S/C20H19N5O2/c1-12-9-13(7-8-15(12)18(21)26)20(27)25-11-14-10-22-24(2)19(14)23-16-5-3-4-6-17(16)25/h3-10,23H,11H2,1-2H3,(H2,21,26). The van der Waals surface area contributed by atoms with Crippen LogP contribution in [0.1, 0.15) is 31.8 Å². The van der Waals surface area contributed by atoms with E-state index in [0.717, 1.165) is 22.8 Å². The average Bonchev–Trinajstić information content (AvgIpc) is 2.90. The summed E-state index contributed by atoms with van der Waals surface area (Å²) in [5.74, 6) is 0.203. The predicted molar refractivity (Wildman–Crippen MR) is 103 cm³/mol. The van der Waals surface area contributed by atoms with Gasteiger partial charge in [0, 0.05) is 23.7 Å². The van der Waals surface area contributed by atoms with Crippen LogP contribution in [0.2, 0.25) is 0 Å². The number of benzene rings is 2. The highest BCUT2D eigenvalue weighted by molar-refractivity contribution is 6.09. The van der Waals surface area contributed by atoms with E-state index in [0.29, 0.717) is 23.2 Å². The molecular weight excluding hydrogens is 342 g/mol. The maximum absolute atomic E-state index is 13.3. The fourth-order valence-corrected chi connectivity index (χ4v) is 3.37. The minimum Gasteiger partial charge on any atom is -0.366 e. The molecule has 3 aromatic rings. The quantitative estimate of drug-likeness (QED) is 0.734. The molecule has 7 heteroatoms. The molecule has 0 bridgehead atoms. The summed E-state index contributed by atoms with van der Waals surface area (Å²) in [6.45, 7) is 2.16. The van der Waals surface area contributed by atoms with Crippen molar-refractivity contribution < 1.29 is 9.59 Å². The molecule has 0 spiro atoms. The number of nitrogens with one attached hydrogen (secondary N) is 1. The molecule has 0 saturated carbocycles. The van der Waals surface area contributed by atoms with E-state index >= 15 is 0 Å². The van der Waals surface area contributed by atoms with E-state index < -0.39 is 5.91 Å². The van der Waals surface area contributed by atoms with E-state index in [2.05, 4.69) is 10.4 Å². The van der Waals surface area contributed by atoms with Crippen LogP contribution in [0.15, 0.2) is 48.7 Å². The van der Waals surface area contributed by atoms with Gasteiger partial charge in [0.2, 0.25) is 5.91 Å². The number of rotatable bonds is 2. The second-order valence-electron chi connectivity index (χ2n) is 6.57. The predicted octanol–water partition coefficient (Wildman–Crippen LogP) is 2.73. The van der Waals surface area contributed by atoms with E-state index in [1.54, 1.807) is 40.9 Å². The number of carbonyl (C=O) groups is 2. The monoisotopic (exact) mass is 361 g/mol. The summed E-state index contributed by atoms with van der Waals surface area (Å²) in [5, 5.41) is 7.66. The number of anilines is 3. The van der Waals surface area contributed by atoms with E-state index in [1.165, 1.54) is 0 Å². The van der Waals surface area contributed by atoms with Gasteiger partial charge in [-0.15, -0.1) is 0 Å². The second-order valence-corrected chi connectivity index (χ2v) is 6.57. The van der Waals surface area contributed by atoms with E-state index in [4.69, 9.17) is 5.73 Å². The number of hydrogen-bond acceptors (Lipinski definition) is 4. The van der Waals surface area contributed by atoms with Gasteiger partial charge in [0.1, 0.15) is 5.82 Å². The van der Waals surface area contributed by atoms with Gasteiger partial charge in [-0.1, -0.05) is 12.1 Å². The Morgan fingerprint density at radius 2 is 1.96 bits per heavy atom. The number of nitrogens with zero attached hydrogens (tertiary/aromatic N) is 3. The van der Waals surface area contributed by atoms with E-state index in [9.17, 15) is 9.59 Å². The fraction of sp³-hybridized carbons (Fsp3) is 0.150. The van der Waals surface area contributed by atoms with Crippen molar-refractivity contribution in [3.63, 3.8) is 0 Å². The third-order valence-electron chi connectivity index (χ3n) is 4.77. The topological polar surface area (TPSA) is 93.2 Å². The SMILES string of the molecule is Cc1cc(C(=O)N2Cc3cnn(C)c3Nc3ccccc32)ccc1C(N)=O. The summed E-state index contributed by atoms with van der Waals surface area (Å²) >= 11 is 0. The first-order valence-electron chi connectivity index (χ1n) is 8.55. The number of para-hydroxylation sites is 2. The van der Waals surface area contributed by atoms with Gasteiger partial charge < -0.3 is 16.0 Å². The zero-order valence-electron chi connectivity index (χ0n) is 15.1. The molecule has 1 aromatic heterocycles. The summed E-state index contributed by atoms with van der Waals surface area (Å²) < 4.78 is 1.76. The van der Waals surface area contributed by atoms with Crippen molar-refractivity contribution in [2.45, 2.75) is 13.5 Å². The van der Waals surface area contributed by atoms with Crippen LogP contribution in [0.5, 0.6) is 0 Å². The minimum absolute atomic E-state index is 0.153. The van der Waals surface area contributed by atoms with Crippen LogP contribution in [-0.2, 0) is 13.6 Å². The highest BCUT2D eigenvalue weighted by atomic mass is 16.2. The number of nitrogens with two attached hydrogens (primary N) is 1. The molecule has 1 aliphatic heterocycles. The Balaban J connectivity index is 1.79. The van der Waals surface area contributed by atoms with Gasteiger partial charge in [0.25, 0.3) is 5.91 Å². The summed E-state index contributed by atoms with van der Waals surface area (Å²) in [6, 6.07) is 12.6. The first-order chi connectivity index (χ1) is 13.0. The molecule has 2 aromatic carbocycles. The van der Waals surface area contributed by atoms with Gasteiger partial charge in [-0.3, -0.25) is 14.3 Å². The Labute approximate surface area is 156 Å². The minimum atomic E-state index is -0.504. The van der Waals surface area contributed by atoms with Crippen LogP contribution >= 0.6 is 0 Å². The first kappa shape index (κ1) is 16.8. The number of fused-ring (bicyclic) bond motifs is 2. The number of aromatic nitrogens is 2. The lowest BCUT2D eigenvalue weighted by atomic mass is 10.0. The number of primary amides is 1. The molecule has 136 valence electrons. The Morgan fingerprint density at radius 1 is 1.19 bits per heavy atom. The summed E-state index contributed by atoms with van der Waals surface area (Å²) in [6.07, 6.45) is 1.76. The van der Waals surface area contributed by atoms with Crippen LogP contribution < -0.4 is 16.0 Å². The Kier molecular flexibility index (Phi) is 3.92. The molecular formula is C20H19N5O2. The molecule has 2 amide bonds. The van der Waals surface area contributed by atoms with E-state index in [-0.39, 0.29) is 5.91 Å². The van der Waals surface area contributed by atoms with Crippen LogP contribution in [0.25, 0.3) is 0 Å². The highest BCUT2D eigenvalue weighted by Gasteiger charge is 2.26. The van der Waals surface area contributed by atoms with Crippen molar-refractivity contribution in [3.05, 3.63) is 70.9 Å². The molecule has 27 heavy (non-hydrogen) atoms. The summed E-state index contributed by atoms with van der Waals surface area (Å²) in [7, 11) is 1.86. The summed E-state index contributed by atoms with van der Waals surface area (Å²) in [4.78, 5) is 26.5. The van der Waals surface area contributed by atoms with Crippen molar-refractivity contribution in [1.29, 1.82) is 0 Å². The third-order valence-corrected chi connectivity index (χ3v) is 4.77. The molecule has 4 rings (SSSR count). The Morgan fingerprint density at radius 3 is 2.70 bits per heavy atom. The second kappa shape index (κ2) is 6.28. The molecule has 0 saturated heterocycles. The maximum atomic E-state index is 13.3. The number of carbonyl (C=O) groups excluding carboxylic acids is 2. The van der Waals surface area contributed by atoms with Crippen molar-refractivity contribution in [1.82, 2.24) is 9.78 Å². The largest absolute Gasteiger partial charge is 0.366 e. The van der Waals surface area contributed by atoms with E-state index in [1.807, 2.05) is 31.3 Å². The van der Waals surface area contributed by atoms with Crippen molar-refractivity contribution in [2.75, 3.05) is 10.2 Å². The van der Waals surface area contributed by atoms with Crippen LogP contribution in [0.4, 0.5) is 17.2 Å². The molecule has 0 atom stereocenters. The third kappa shape index (κ3) is 2.83. The normalized spacial score (nSPS) is 12.6. The number of amides is 2. The molecule has 0 aliphatic carbocycles. The van der Waals surface area contributed by atoms with Crippen LogP contribution in [-0.4, -0.2) is 21.6 Å². The summed E-state index contributed by atoms with van der Waals surface area (Å²) in [5.41, 5.74) is 9.51. The fourth-order valence-electron chi connectivity index (χ4n) is 3.37. The van der Waals surface area contributed by atoms with Gasteiger partial charge in [-0.05, 0) is 42.8 Å². The first-order valence-corrected chi connectivity index (χ1v) is 8.55. The lowest BCUT2D eigenvalue weighted by Crippen LogP contribution is -2.30. The van der Waals surface area contributed by atoms with Gasteiger partial charge in [-0.2, -0.15) is 5.10 Å². The lowest BCUT2D eigenvalue weighted by Gasteiger charge is -2.23.